The predicted molar refractivity (Wildman–Crippen MR) is 121 cm³/mol. The molecule has 1 aliphatic heterocycles. The Morgan fingerprint density at radius 3 is 2.44 bits per heavy atom. The van der Waals surface area contributed by atoms with Gasteiger partial charge in [-0.2, -0.15) is 0 Å². The molecule has 32 heavy (non-hydrogen) atoms. The number of nitrogens with zero attached hydrogens (tertiary/aromatic N) is 1. The third-order valence-corrected chi connectivity index (χ3v) is 6.13. The van der Waals surface area contributed by atoms with E-state index in [1.807, 2.05) is 18.2 Å². The van der Waals surface area contributed by atoms with Crippen molar-refractivity contribution in [2.24, 2.45) is 0 Å². The molecule has 3 aromatic carbocycles. The van der Waals surface area contributed by atoms with E-state index in [0.29, 0.717) is 18.0 Å². The Kier molecular flexibility index (Phi) is 5.31. The van der Waals surface area contributed by atoms with Gasteiger partial charge < -0.3 is 15.2 Å². The normalized spacial score (nSPS) is 15.6. The topological polar surface area (TPSA) is 48.1 Å². The number of aromatic amines is 1. The number of halogens is 3. The van der Waals surface area contributed by atoms with Gasteiger partial charge >= 0.3 is 6.03 Å². The molecule has 0 fully saturated rings. The summed E-state index contributed by atoms with van der Waals surface area (Å²) < 4.78 is 26.8. The van der Waals surface area contributed by atoms with Crippen molar-refractivity contribution in [3.8, 4) is 0 Å². The zero-order valence-corrected chi connectivity index (χ0v) is 17.8. The van der Waals surface area contributed by atoms with Crippen LogP contribution in [0.15, 0.2) is 66.7 Å². The smallest absolute Gasteiger partial charge is 0.318 e. The van der Waals surface area contributed by atoms with E-state index in [-0.39, 0.29) is 24.2 Å². The third kappa shape index (κ3) is 3.82. The second-order valence-electron chi connectivity index (χ2n) is 7.89. The van der Waals surface area contributed by atoms with Gasteiger partial charge in [-0.15, -0.1) is 0 Å². The minimum Gasteiger partial charge on any atom is -0.356 e. The molecular formula is C25H20ClF2N3O. The Bertz CT molecular complexity index is 1290. The van der Waals surface area contributed by atoms with Gasteiger partial charge in [0.05, 0.1) is 6.04 Å². The highest BCUT2D eigenvalue weighted by molar-refractivity contribution is 6.31. The summed E-state index contributed by atoms with van der Waals surface area (Å²) in [6, 6.07) is 17.3. The summed E-state index contributed by atoms with van der Waals surface area (Å²) >= 11 is 6.22. The number of carbonyl (C=O) groups is 1. The second-order valence-corrected chi connectivity index (χ2v) is 8.33. The van der Waals surface area contributed by atoms with Crippen LogP contribution in [0.25, 0.3) is 10.9 Å². The molecule has 4 nitrogen and oxygen atoms in total. The van der Waals surface area contributed by atoms with Gasteiger partial charge in [-0.1, -0.05) is 35.9 Å². The van der Waals surface area contributed by atoms with E-state index in [1.54, 1.807) is 29.2 Å². The Morgan fingerprint density at radius 1 is 1.03 bits per heavy atom. The van der Waals surface area contributed by atoms with E-state index >= 15 is 0 Å². The van der Waals surface area contributed by atoms with Crippen LogP contribution in [0.4, 0.5) is 13.6 Å². The lowest BCUT2D eigenvalue weighted by Gasteiger charge is -2.36. The Morgan fingerprint density at radius 2 is 1.72 bits per heavy atom. The number of benzene rings is 3. The third-order valence-electron chi connectivity index (χ3n) is 5.89. The average Bonchev–Trinajstić information content (AvgIpc) is 3.16. The zero-order chi connectivity index (χ0) is 22.2. The van der Waals surface area contributed by atoms with Crippen LogP contribution in [0.1, 0.15) is 28.4 Å². The van der Waals surface area contributed by atoms with Crippen LogP contribution >= 0.6 is 11.6 Å². The Balaban J connectivity index is 1.50. The molecule has 0 saturated carbocycles. The fraction of sp³-hybridized carbons (Fsp3) is 0.160. The number of hydrogen-bond acceptors (Lipinski definition) is 1. The van der Waals surface area contributed by atoms with Gasteiger partial charge in [0.15, 0.2) is 0 Å². The van der Waals surface area contributed by atoms with Crippen molar-refractivity contribution in [3.63, 3.8) is 0 Å². The monoisotopic (exact) mass is 451 g/mol. The molecule has 2 heterocycles. The van der Waals surface area contributed by atoms with Crippen molar-refractivity contribution in [1.29, 1.82) is 0 Å². The fourth-order valence-electron chi connectivity index (χ4n) is 4.35. The van der Waals surface area contributed by atoms with Gasteiger partial charge in [0.1, 0.15) is 11.6 Å². The molecule has 0 radical (unpaired) electrons. The van der Waals surface area contributed by atoms with Gasteiger partial charge in [0.2, 0.25) is 0 Å². The van der Waals surface area contributed by atoms with E-state index in [4.69, 9.17) is 11.6 Å². The maximum atomic E-state index is 13.6. The summed E-state index contributed by atoms with van der Waals surface area (Å²) in [6.45, 7) is 0.769. The van der Waals surface area contributed by atoms with E-state index < -0.39 is 6.04 Å². The molecule has 1 aliphatic rings. The number of aromatic nitrogens is 1. The molecule has 1 atom stereocenters. The Hall–Kier alpha value is -3.38. The number of fused-ring (bicyclic) bond motifs is 3. The molecule has 1 unspecified atom stereocenters. The molecule has 0 bridgehead atoms. The van der Waals surface area contributed by atoms with Crippen LogP contribution in [-0.2, 0) is 13.0 Å². The fourth-order valence-corrected chi connectivity index (χ4v) is 4.52. The lowest BCUT2D eigenvalue weighted by Crippen LogP contribution is -2.45. The minimum absolute atomic E-state index is 0.244. The first-order chi connectivity index (χ1) is 15.5. The summed E-state index contributed by atoms with van der Waals surface area (Å²) in [5.41, 5.74) is 4.56. The van der Waals surface area contributed by atoms with Crippen molar-refractivity contribution >= 4 is 28.5 Å². The van der Waals surface area contributed by atoms with Crippen molar-refractivity contribution in [2.45, 2.75) is 19.0 Å². The Labute approximate surface area is 188 Å². The van der Waals surface area contributed by atoms with Gasteiger partial charge in [-0.3, -0.25) is 0 Å². The number of hydrogen-bond donors (Lipinski definition) is 2. The van der Waals surface area contributed by atoms with E-state index in [9.17, 15) is 13.6 Å². The molecule has 5 rings (SSSR count). The van der Waals surface area contributed by atoms with Crippen LogP contribution in [0, 0.1) is 11.6 Å². The first-order valence-corrected chi connectivity index (χ1v) is 10.7. The second kappa shape index (κ2) is 8.28. The summed E-state index contributed by atoms with van der Waals surface area (Å²) in [6.07, 6.45) is 0.664. The number of carbonyl (C=O) groups excluding carboxylic acids is 1. The van der Waals surface area contributed by atoms with Gasteiger partial charge in [-0.05, 0) is 65.6 Å². The van der Waals surface area contributed by atoms with E-state index in [1.165, 1.54) is 24.3 Å². The van der Waals surface area contributed by atoms with Crippen LogP contribution in [0.5, 0.6) is 0 Å². The van der Waals surface area contributed by atoms with Gasteiger partial charge in [0.25, 0.3) is 0 Å². The van der Waals surface area contributed by atoms with Crippen LogP contribution in [0.2, 0.25) is 5.02 Å². The lowest BCUT2D eigenvalue weighted by atomic mass is 9.92. The molecule has 0 aliphatic carbocycles. The average molecular weight is 452 g/mol. The highest BCUT2D eigenvalue weighted by Crippen LogP contribution is 2.39. The van der Waals surface area contributed by atoms with Crippen LogP contribution in [-0.4, -0.2) is 22.5 Å². The molecule has 0 spiro atoms. The standard InChI is InChI=1S/C25H20ClF2N3O/c26-17-5-10-22-21(13-17)20-11-12-31(25(32)29-14-15-1-6-18(27)7-2-15)24(23(20)30-22)16-3-8-19(28)9-4-16/h1-10,13,24,30H,11-12,14H2,(H,29,32). The van der Waals surface area contributed by atoms with Crippen molar-refractivity contribution in [1.82, 2.24) is 15.2 Å². The molecule has 162 valence electrons. The summed E-state index contributed by atoms with van der Waals surface area (Å²) in [7, 11) is 0. The number of H-pyrrole nitrogens is 1. The largest absolute Gasteiger partial charge is 0.356 e. The number of urea groups is 1. The predicted octanol–water partition coefficient (Wildman–Crippen LogP) is 5.96. The zero-order valence-electron chi connectivity index (χ0n) is 17.0. The van der Waals surface area contributed by atoms with Gasteiger partial charge in [0, 0.05) is 34.7 Å². The highest BCUT2D eigenvalue weighted by Gasteiger charge is 2.34. The quantitative estimate of drug-likeness (QED) is 0.397. The summed E-state index contributed by atoms with van der Waals surface area (Å²) in [5.74, 6) is -0.653. The van der Waals surface area contributed by atoms with Crippen LogP contribution in [0.3, 0.4) is 0 Å². The minimum atomic E-state index is -0.404. The maximum absolute atomic E-state index is 13.6. The maximum Gasteiger partial charge on any atom is 0.318 e. The highest BCUT2D eigenvalue weighted by atomic mass is 35.5. The first kappa shape index (κ1) is 20.5. The van der Waals surface area contributed by atoms with Crippen LogP contribution < -0.4 is 5.32 Å². The molecular weight excluding hydrogens is 432 g/mol. The van der Waals surface area contributed by atoms with Crippen molar-refractivity contribution in [3.05, 3.63) is 106 Å². The number of nitrogens with one attached hydrogen (secondary N) is 2. The number of rotatable bonds is 3. The van der Waals surface area contributed by atoms with E-state index in [0.717, 1.165) is 33.3 Å². The molecule has 2 amide bonds. The van der Waals surface area contributed by atoms with Crippen molar-refractivity contribution < 1.29 is 13.6 Å². The summed E-state index contributed by atoms with van der Waals surface area (Å²) in [4.78, 5) is 18.4. The molecule has 2 N–H and O–H groups in total. The molecule has 4 aromatic rings. The molecule has 1 aromatic heterocycles. The van der Waals surface area contributed by atoms with Crippen molar-refractivity contribution in [2.75, 3.05) is 6.54 Å². The molecule has 0 saturated heterocycles. The SMILES string of the molecule is O=C(NCc1ccc(F)cc1)N1CCc2c([nH]c3ccc(Cl)cc23)C1c1ccc(F)cc1. The number of amides is 2. The first-order valence-electron chi connectivity index (χ1n) is 10.3. The summed E-state index contributed by atoms with van der Waals surface area (Å²) in [5, 5.41) is 4.61. The van der Waals surface area contributed by atoms with Gasteiger partial charge in [-0.25, -0.2) is 13.6 Å². The lowest BCUT2D eigenvalue weighted by molar-refractivity contribution is 0.179. The molecule has 7 heteroatoms. The van der Waals surface area contributed by atoms with E-state index in [2.05, 4.69) is 10.3 Å².